The third kappa shape index (κ3) is 3.76. The highest BCUT2D eigenvalue weighted by Crippen LogP contribution is 2.48. The number of hydrogen-bond acceptors (Lipinski definition) is 3. The molecular weight excluding hydrogens is 298 g/mol. The van der Waals surface area contributed by atoms with Crippen molar-refractivity contribution in [3.8, 4) is 0 Å². The normalized spacial score (nSPS) is 27.4. The molecule has 3 N–H and O–H groups in total. The predicted octanol–water partition coefficient (Wildman–Crippen LogP) is 1.19. The molecule has 0 spiro atoms. The lowest BCUT2D eigenvalue weighted by Gasteiger charge is -2.23. The Kier molecular flexibility index (Phi) is 5.49. The zero-order valence-corrected chi connectivity index (χ0v) is 13.9. The van der Waals surface area contributed by atoms with E-state index in [0.29, 0.717) is 13.0 Å². The summed E-state index contributed by atoms with van der Waals surface area (Å²) < 4.78 is 0. The first-order valence-corrected chi connectivity index (χ1v) is 8.44. The van der Waals surface area contributed by atoms with E-state index in [1.165, 1.54) is 0 Å². The van der Waals surface area contributed by atoms with Gasteiger partial charge in [-0.15, -0.1) is 0 Å². The molecular formula is C16H27N3O4. The Morgan fingerprint density at radius 1 is 1.39 bits per heavy atom. The molecule has 1 saturated carbocycles. The van der Waals surface area contributed by atoms with Crippen LogP contribution in [-0.4, -0.2) is 53.6 Å². The van der Waals surface area contributed by atoms with Crippen LogP contribution in [0.4, 0.5) is 4.79 Å². The standard InChI is InChI=1S/C16H27N3O4/c1-3-11(2)18-13(20)6-8-17-15(23)19-9-12-5-4-7-16(12,10-19)14(21)22/h11-12H,3-10H2,1-2H3,(H,17,23)(H,18,20)(H,21,22)/t11?,12-,16+/m0/s1. The maximum Gasteiger partial charge on any atom is 0.317 e. The van der Waals surface area contributed by atoms with Crippen molar-refractivity contribution in [2.75, 3.05) is 19.6 Å². The number of carboxylic acid groups (broad SMARTS) is 1. The molecule has 3 atom stereocenters. The number of rotatable bonds is 6. The van der Waals surface area contributed by atoms with E-state index >= 15 is 0 Å². The summed E-state index contributed by atoms with van der Waals surface area (Å²) >= 11 is 0. The second-order valence-electron chi connectivity index (χ2n) is 6.79. The van der Waals surface area contributed by atoms with Gasteiger partial charge >= 0.3 is 12.0 Å². The van der Waals surface area contributed by atoms with Crippen LogP contribution < -0.4 is 10.6 Å². The number of aliphatic carboxylic acids is 1. The van der Waals surface area contributed by atoms with Crippen molar-refractivity contribution >= 4 is 17.9 Å². The van der Waals surface area contributed by atoms with Crippen molar-refractivity contribution in [2.45, 2.75) is 52.0 Å². The average Bonchev–Trinajstić information content (AvgIpc) is 3.04. The van der Waals surface area contributed by atoms with Gasteiger partial charge in [-0.25, -0.2) is 4.79 Å². The number of amides is 3. The highest BCUT2D eigenvalue weighted by molar-refractivity contribution is 5.81. The number of carbonyl (C=O) groups is 3. The predicted molar refractivity (Wildman–Crippen MR) is 84.9 cm³/mol. The maximum atomic E-state index is 12.2. The van der Waals surface area contributed by atoms with E-state index in [9.17, 15) is 19.5 Å². The van der Waals surface area contributed by atoms with Gasteiger partial charge in [-0.05, 0) is 32.1 Å². The van der Waals surface area contributed by atoms with E-state index in [2.05, 4.69) is 10.6 Å². The molecule has 2 rings (SSSR count). The number of carbonyl (C=O) groups excluding carboxylic acids is 2. The average molecular weight is 325 g/mol. The third-order valence-corrected chi connectivity index (χ3v) is 5.23. The monoisotopic (exact) mass is 325 g/mol. The summed E-state index contributed by atoms with van der Waals surface area (Å²) in [5.74, 6) is -0.817. The van der Waals surface area contributed by atoms with Gasteiger partial charge in [0.25, 0.3) is 0 Å². The first kappa shape index (κ1) is 17.6. The zero-order valence-electron chi connectivity index (χ0n) is 13.9. The van der Waals surface area contributed by atoms with Gasteiger partial charge in [0, 0.05) is 32.1 Å². The van der Waals surface area contributed by atoms with Gasteiger partial charge in [-0.3, -0.25) is 9.59 Å². The van der Waals surface area contributed by atoms with Gasteiger partial charge < -0.3 is 20.6 Å². The molecule has 0 aromatic heterocycles. The van der Waals surface area contributed by atoms with Crippen LogP contribution in [0.25, 0.3) is 0 Å². The minimum atomic E-state index is -0.789. The van der Waals surface area contributed by atoms with E-state index < -0.39 is 11.4 Å². The van der Waals surface area contributed by atoms with E-state index in [4.69, 9.17) is 0 Å². The Hall–Kier alpha value is -1.79. The number of likely N-dealkylation sites (tertiary alicyclic amines) is 1. The lowest BCUT2D eigenvalue weighted by molar-refractivity contribution is -0.149. The fourth-order valence-corrected chi connectivity index (χ4v) is 3.64. The molecule has 1 heterocycles. The Labute approximate surface area is 136 Å². The summed E-state index contributed by atoms with van der Waals surface area (Å²) in [6.07, 6.45) is 3.53. The second-order valence-corrected chi connectivity index (χ2v) is 6.79. The Balaban J connectivity index is 1.77. The molecule has 0 aromatic carbocycles. The van der Waals surface area contributed by atoms with Crippen molar-refractivity contribution < 1.29 is 19.5 Å². The largest absolute Gasteiger partial charge is 0.481 e. The van der Waals surface area contributed by atoms with Crippen LogP contribution >= 0.6 is 0 Å². The fraction of sp³-hybridized carbons (Fsp3) is 0.812. The van der Waals surface area contributed by atoms with Crippen LogP contribution in [0.15, 0.2) is 0 Å². The fourth-order valence-electron chi connectivity index (χ4n) is 3.64. The van der Waals surface area contributed by atoms with E-state index in [-0.39, 0.29) is 43.4 Å². The van der Waals surface area contributed by atoms with Crippen LogP contribution in [0.2, 0.25) is 0 Å². The third-order valence-electron chi connectivity index (χ3n) is 5.23. The minimum Gasteiger partial charge on any atom is -0.481 e. The van der Waals surface area contributed by atoms with E-state index in [1.54, 1.807) is 4.90 Å². The van der Waals surface area contributed by atoms with Crippen molar-refractivity contribution in [1.82, 2.24) is 15.5 Å². The van der Waals surface area contributed by atoms with Gasteiger partial charge in [0.05, 0.1) is 5.41 Å². The molecule has 3 amide bonds. The SMILES string of the molecule is CCC(C)NC(=O)CCNC(=O)N1C[C@@H]2CCC[C@@]2(C(=O)O)C1. The van der Waals surface area contributed by atoms with Gasteiger partial charge in [-0.2, -0.15) is 0 Å². The molecule has 23 heavy (non-hydrogen) atoms. The number of urea groups is 1. The Bertz CT molecular complexity index is 482. The molecule has 7 heteroatoms. The molecule has 7 nitrogen and oxygen atoms in total. The summed E-state index contributed by atoms with van der Waals surface area (Å²) in [5, 5.41) is 15.1. The smallest absolute Gasteiger partial charge is 0.317 e. The summed E-state index contributed by atoms with van der Waals surface area (Å²) in [4.78, 5) is 37.0. The zero-order chi connectivity index (χ0) is 17.0. The van der Waals surface area contributed by atoms with Crippen LogP contribution in [0.3, 0.4) is 0 Å². The van der Waals surface area contributed by atoms with Crippen LogP contribution in [0, 0.1) is 11.3 Å². The first-order valence-electron chi connectivity index (χ1n) is 8.44. The van der Waals surface area contributed by atoms with E-state index in [1.807, 2.05) is 13.8 Å². The highest BCUT2D eigenvalue weighted by atomic mass is 16.4. The number of fused-ring (bicyclic) bond motifs is 1. The van der Waals surface area contributed by atoms with E-state index in [0.717, 1.165) is 19.3 Å². The molecule has 1 saturated heterocycles. The molecule has 130 valence electrons. The summed E-state index contributed by atoms with van der Waals surface area (Å²) in [6, 6.07) is -0.136. The Morgan fingerprint density at radius 3 is 2.74 bits per heavy atom. The number of nitrogens with zero attached hydrogens (tertiary/aromatic N) is 1. The summed E-state index contributed by atoms with van der Waals surface area (Å²) in [6.45, 7) is 4.97. The van der Waals surface area contributed by atoms with Crippen LogP contribution in [0.1, 0.15) is 46.0 Å². The van der Waals surface area contributed by atoms with Gasteiger partial charge in [0.15, 0.2) is 0 Å². The number of hydrogen-bond donors (Lipinski definition) is 3. The molecule has 0 aromatic rings. The van der Waals surface area contributed by atoms with Gasteiger partial charge in [-0.1, -0.05) is 13.3 Å². The van der Waals surface area contributed by atoms with Crippen molar-refractivity contribution in [3.63, 3.8) is 0 Å². The molecule has 1 aliphatic heterocycles. The van der Waals surface area contributed by atoms with Gasteiger partial charge in [0.1, 0.15) is 0 Å². The van der Waals surface area contributed by atoms with Crippen LogP contribution in [0.5, 0.6) is 0 Å². The highest BCUT2D eigenvalue weighted by Gasteiger charge is 2.55. The molecule has 0 radical (unpaired) electrons. The number of carboxylic acids is 1. The minimum absolute atomic E-state index is 0.0550. The molecule has 1 aliphatic carbocycles. The van der Waals surface area contributed by atoms with Crippen molar-refractivity contribution in [1.29, 1.82) is 0 Å². The number of nitrogens with one attached hydrogen (secondary N) is 2. The maximum absolute atomic E-state index is 12.2. The van der Waals surface area contributed by atoms with Crippen LogP contribution in [-0.2, 0) is 9.59 Å². The summed E-state index contributed by atoms with van der Waals surface area (Å²) in [5.41, 5.74) is -0.759. The van der Waals surface area contributed by atoms with Crippen molar-refractivity contribution in [2.24, 2.45) is 11.3 Å². The lowest BCUT2D eigenvalue weighted by atomic mass is 9.81. The van der Waals surface area contributed by atoms with Crippen molar-refractivity contribution in [3.05, 3.63) is 0 Å². The second kappa shape index (κ2) is 7.19. The Morgan fingerprint density at radius 2 is 2.13 bits per heavy atom. The molecule has 1 unspecified atom stereocenters. The first-order chi connectivity index (χ1) is 10.9. The molecule has 2 aliphatic rings. The lowest BCUT2D eigenvalue weighted by Crippen LogP contribution is -2.43. The summed E-state index contributed by atoms with van der Waals surface area (Å²) in [7, 11) is 0. The van der Waals surface area contributed by atoms with Gasteiger partial charge in [0.2, 0.25) is 5.91 Å². The topological polar surface area (TPSA) is 98.7 Å². The quantitative estimate of drug-likeness (QED) is 0.683. The molecule has 0 bridgehead atoms. The molecule has 2 fully saturated rings.